The smallest absolute Gasteiger partial charge is 0.313 e. The second-order valence-corrected chi connectivity index (χ2v) is 10.8. The minimum atomic E-state index is -1.01. The number of nitrogens with one attached hydrogen (secondary N) is 2. The number of hydrogen-bond donors (Lipinski definition) is 3. The number of amides is 2. The summed E-state index contributed by atoms with van der Waals surface area (Å²) in [6.45, 7) is 0. The molecular formula is C31H30N4O4. The monoisotopic (exact) mass is 522 g/mol. The summed E-state index contributed by atoms with van der Waals surface area (Å²) in [4.78, 5) is 38.9. The highest BCUT2D eigenvalue weighted by Gasteiger charge is 2.77. The number of aromatic amines is 1. The zero-order valence-electron chi connectivity index (χ0n) is 21.6. The molecule has 198 valence electrons. The first-order valence-electron chi connectivity index (χ1n) is 13.1. The molecule has 2 fully saturated rings. The van der Waals surface area contributed by atoms with Crippen LogP contribution in [0, 0.1) is 10.8 Å². The van der Waals surface area contributed by atoms with Crippen molar-refractivity contribution in [3.05, 3.63) is 95.7 Å². The molecule has 2 saturated carbocycles. The van der Waals surface area contributed by atoms with E-state index in [1.54, 1.807) is 6.07 Å². The molecular weight excluding hydrogens is 492 g/mol. The van der Waals surface area contributed by atoms with Crippen molar-refractivity contribution in [1.29, 1.82) is 0 Å². The Morgan fingerprint density at radius 1 is 1.00 bits per heavy atom. The van der Waals surface area contributed by atoms with E-state index < -0.39 is 16.7 Å². The van der Waals surface area contributed by atoms with E-state index in [1.807, 2.05) is 72.8 Å². The van der Waals surface area contributed by atoms with Crippen LogP contribution in [0.5, 0.6) is 0 Å². The van der Waals surface area contributed by atoms with E-state index in [1.165, 1.54) is 7.11 Å². The number of H-pyrrole nitrogens is 1. The van der Waals surface area contributed by atoms with Gasteiger partial charge in [0.2, 0.25) is 11.8 Å². The molecule has 6 rings (SSSR count). The predicted octanol–water partition coefficient (Wildman–Crippen LogP) is 4.44. The van der Waals surface area contributed by atoms with Gasteiger partial charge in [-0.15, -0.1) is 0 Å². The Balaban J connectivity index is 1.17. The first-order valence-corrected chi connectivity index (χ1v) is 13.1. The van der Waals surface area contributed by atoms with Gasteiger partial charge in [0.25, 0.3) is 0 Å². The minimum Gasteiger partial charge on any atom is -0.469 e. The molecule has 2 unspecified atom stereocenters. The lowest BCUT2D eigenvalue weighted by molar-refractivity contribution is -0.165. The second kappa shape index (κ2) is 9.38. The number of fused-ring (bicyclic) bond motifs is 1. The van der Waals surface area contributed by atoms with E-state index in [2.05, 4.69) is 15.5 Å². The lowest BCUT2D eigenvalue weighted by Gasteiger charge is -2.49. The molecule has 2 aliphatic carbocycles. The van der Waals surface area contributed by atoms with E-state index in [0.717, 1.165) is 27.6 Å². The Bertz CT molecular complexity index is 1570. The summed E-state index contributed by atoms with van der Waals surface area (Å²) in [6.07, 6.45) is 1.57. The molecule has 0 bridgehead atoms. The molecule has 0 aliphatic heterocycles. The molecule has 2 aliphatic rings. The number of hydrogen-bond acceptors (Lipinski definition) is 5. The Morgan fingerprint density at radius 3 is 2.46 bits per heavy atom. The van der Waals surface area contributed by atoms with Crippen LogP contribution in [0.15, 0.2) is 78.9 Å². The van der Waals surface area contributed by atoms with Crippen LogP contribution in [0.3, 0.4) is 0 Å². The number of nitrogens with zero attached hydrogens (tertiary/aromatic N) is 1. The standard InChI is InChI=1S/C31H30N4O4/c1-39-29(38)31(18-24(31)20-9-3-2-4-10-20)30(28(32)37)16-22(17-30)25-15-26(35-34-25)33-27(36)14-21-12-7-11-19-8-5-6-13-23(19)21/h2-13,15,22,24H,14,16-18H2,1H3,(H2,32,37)(H2,33,34,35,36). The normalized spacial score (nSPS) is 25.5. The van der Waals surface area contributed by atoms with Gasteiger partial charge in [0, 0.05) is 23.6 Å². The van der Waals surface area contributed by atoms with Crippen molar-refractivity contribution in [1.82, 2.24) is 10.2 Å². The third kappa shape index (κ3) is 3.98. The summed E-state index contributed by atoms with van der Waals surface area (Å²) in [5.74, 6) is -0.788. The number of aromatic nitrogens is 2. The Labute approximate surface area is 225 Å². The largest absolute Gasteiger partial charge is 0.469 e. The second-order valence-electron chi connectivity index (χ2n) is 10.8. The molecule has 1 aromatic heterocycles. The topological polar surface area (TPSA) is 127 Å². The summed E-state index contributed by atoms with van der Waals surface area (Å²) in [5, 5.41) is 12.3. The van der Waals surface area contributed by atoms with Gasteiger partial charge in [0.1, 0.15) is 0 Å². The molecule has 0 radical (unpaired) electrons. The average molecular weight is 523 g/mol. The molecule has 0 spiro atoms. The fourth-order valence-corrected chi connectivity index (χ4v) is 6.69. The van der Waals surface area contributed by atoms with Crippen LogP contribution >= 0.6 is 0 Å². The summed E-state index contributed by atoms with van der Waals surface area (Å²) < 4.78 is 5.21. The predicted molar refractivity (Wildman–Crippen MR) is 147 cm³/mol. The Hall–Kier alpha value is -4.46. The van der Waals surface area contributed by atoms with Gasteiger partial charge in [0.05, 0.1) is 24.4 Å². The summed E-state index contributed by atoms with van der Waals surface area (Å²) in [6, 6.07) is 25.4. The maximum absolute atomic E-state index is 13.1. The quantitative estimate of drug-likeness (QED) is 0.295. The van der Waals surface area contributed by atoms with Gasteiger partial charge in [-0.1, -0.05) is 72.8 Å². The van der Waals surface area contributed by atoms with Crippen LogP contribution in [0.25, 0.3) is 10.8 Å². The molecule has 8 nitrogen and oxygen atoms in total. The minimum absolute atomic E-state index is 0.0488. The number of rotatable bonds is 8. The van der Waals surface area contributed by atoms with Crippen LogP contribution in [-0.4, -0.2) is 35.1 Å². The van der Waals surface area contributed by atoms with E-state index >= 15 is 0 Å². The van der Waals surface area contributed by atoms with Gasteiger partial charge >= 0.3 is 5.97 Å². The molecule has 3 aromatic carbocycles. The number of primary amides is 1. The lowest BCUT2D eigenvalue weighted by Crippen LogP contribution is -2.56. The van der Waals surface area contributed by atoms with Crippen molar-refractivity contribution in [2.75, 3.05) is 12.4 Å². The molecule has 8 heteroatoms. The zero-order chi connectivity index (χ0) is 27.2. The molecule has 2 amide bonds. The Morgan fingerprint density at radius 2 is 1.72 bits per heavy atom. The van der Waals surface area contributed by atoms with E-state index in [9.17, 15) is 14.4 Å². The van der Waals surface area contributed by atoms with Gasteiger partial charge in [-0.3, -0.25) is 19.5 Å². The van der Waals surface area contributed by atoms with Crippen LogP contribution in [0.4, 0.5) is 5.82 Å². The number of anilines is 1. The third-order valence-corrected chi connectivity index (χ3v) is 8.76. The number of carbonyl (C=O) groups is 3. The molecule has 39 heavy (non-hydrogen) atoms. The molecule has 1 heterocycles. The molecule has 0 saturated heterocycles. The van der Waals surface area contributed by atoms with Gasteiger partial charge in [-0.25, -0.2) is 0 Å². The molecule has 4 N–H and O–H groups in total. The highest BCUT2D eigenvalue weighted by atomic mass is 16.5. The average Bonchev–Trinajstić information content (AvgIpc) is 3.52. The van der Waals surface area contributed by atoms with Crippen molar-refractivity contribution in [3.8, 4) is 0 Å². The highest BCUT2D eigenvalue weighted by Crippen LogP contribution is 2.76. The van der Waals surface area contributed by atoms with Gasteiger partial charge < -0.3 is 15.8 Å². The maximum Gasteiger partial charge on any atom is 0.313 e. The number of ether oxygens (including phenoxy) is 1. The van der Waals surface area contributed by atoms with Crippen molar-refractivity contribution in [3.63, 3.8) is 0 Å². The first-order chi connectivity index (χ1) is 18.9. The SMILES string of the molecule is COC(=O)C1(C2(C(N)=O)CC(c3cc(NC(=O)Cc4cccc5ccccc45)n[nH]3)C2)CC1c1ccccc1. The Kier molecular flexibility index (Phi) is 5.98. The molecule has 2 atom stereocenters. The number of benzene rings is 3. The van der Waals surface area contributed by atoms with E-state index in [4.69, 9.17) is 10.5 Å². The third-order valence-electron chi connectivity index (χ3n) is 8.76. The van der Waals surface area contributed by atoms with Crippen LogP contribution in [0.2, 0.25) is 0 Å². The number of carbonyl (C=O) groups excluding carboxylic acids is 3. The lowest BCUT2D eigenvalue weighted by atomic mass is 9.52. The zero-order valence-corrected chi connectivity index (χ0v) is 21.6. The van der Waals surface area contributed by atoms with Crippen LogP contribution in [-0.2, 0) is 25.5 Å². The van der Waals surface area contributed by atoms with E-state index in [-0.39, 0.29) is 30.1 Å². The first kappa shape index (κ1) is 24.9. The van der Waals surface area contributed by atoms with Crippen molar-refractivity contribution >= 4 is 34.4 Å². The summed E-state index contributed by atoms with van der Waals surface area (Å²) in [7, 11) is 1.36. The number of esters is 1. The maximum atomic E-state index is 13.1. The summed E-state index contributed by atoms with van der Waals surface area (Å²) in [5.41, 5.74) is 6.75. The van der Waals surface area contributed by atoms with E-state index in [0.29, 0.717) is 25.1 Å². The summed E-state index contributed by atoms with van der Waals surface area (Å²) >= 11 is 0. The van der Waals surface area contributed by atoms with Gasteiger partial charge in [-0.05, 0) is 41.2 Å². The van der Waals surface area contributed by atoms with Crippen LogP contribution in [0.1, 0.15) is 47.9 Å². The fraction of sp³-hybridized carbons (Fsp3) is 0.290. The number of nitrogens with two attached hydrogens (primary N) is 1. The van der Waals surface area contributed by atoms with Gasteiger partial charge in [-0.2, -0.15) is 5.10 Å². The van der Waals surface area contributed by atoms with Crippen molar-refractivity contribution < 1.29 is 19.1 Å². The van der Waals surface area contributed by atoms with Crippen LogP contribution < -0.4 is 11.1 Å². The number of methoxy groups -OCH3 is 1. The molecule has 4 aromatic rings. The van der Waals surface area contributed by atoms with Gasteiger partial charge in [0.15, 0.2) is 5.82 Å². The van der Waals surface area contributed by atoms with Crippen molar-refractivity contribution in [2.24, 2.45) is 16.6 Å². The fourth-order valence-electron chi connectivity index (χ4n) is 6.69. The van der Waals surface area contributed by atoms with Crippen molar-refractivity contribution in [2.45, 2.75) is 37.5 Å². The highest BCUT2D eigenvalue weighted by molar-refractivity contribution is 5.96.